The van der Waals surface area contributed by atoms with Crippen LogP contribution in [-0.4, -0.2) is 40.0 Å². The predicted molar refractivity (Wildman–Crippen MR) is 103 cm³/mol. The monoisotopic (exact) mass is 372 g/mol. The van der Waals surface area contributed by atoms with Gasteiger partial charge in [0.2, 0.25) is 0 Å². The first kappa shape index (κ1) is 18.1. The van der Waals surface area contributed by atoms with Crippen LogP contribution in [0.5, 0.6) is 5.75 Å². The summed E-state index contributed by atoms with van der Waals surface area (Å²) in [7, 11) is 3.78. The van der Waals surface area contributed by atoms with Gasteiger partial charge in [0.05, 0.1) is 16.8 Å². The number of nitrogens with one attached hydrogen (secondary N) is 2. The van der Waals surface area contributed by atoms with Gasteiger partial charge in [-0.2, -0.15) is 0 Å². The number of carbonyl (C=O) groups excluding carboxylic acids is 1. The Morgan fingerprint density at radius 1 is 1.35 bits per heavy atom. The highest BCUT2D eigenvalue weighted by Crippen LogP contribution is 2.28. The number of fused-ring (bicyclic) bond motifs is 1. The Kier molecular flexibility index (Phi) is 4.80. The minimum absolute atomic E-state index is 0.141. The van der Waals surface area contributed by atoms with Gasteiger partial charge in [-0.05, 0) is 57.3 Å². The normalized spacial score (nSPS) is 11.3. The van der Waals surface area contributed by atoms with Gasteiger partial charge in [0, 0.05) is 5.69 Å². The van der Waals surface area contributed by atoms with Crippen LogP contribution in [0.2, 0.25) is 0 Å². The number of aromatic hydroxyl groups is 1. The molecule has 2 aromatic heterocycles. The second kappa shape index (κ2) is 6.89. The zero-order chi connectivity index (χ0) is 19.0. The molecule has 0 radical (unpaired) electrons. The summed E-state index contributed by atoms with van der Waals surface area (Å²) < 4.78 is 0. The van der Waals surface area contributed by atoms with Gasteiger partial charge in [-0.3, -0.25) is 9.59 Å². The molecule has 1 aromatic carbocycles. The van der Waals surface area contributed by atoms with Gasteiger partial charge in [0.1, 0.15) is 16.4 Å². The van der Waals surface area contributed by atoms with Crippen LogP contribution < -0.4 is 10.9 Å². The van der Waals surface area contributed by atoms with Gasteiger partial charge in [0.15, 0.2) is 0 Å². The Balaban J connectivity index is 1.99. The molecular weight excluding hydrogens is 352 g/mol. The largest absolute Gasteiger partial charge is 0.508 e. The van der Waals surface area contributed by atoms with Crippen molar-refractivity contribution in [2.24, 2.45) is 0 Å². The van der Waals surface area contributed by atoms with E-state index in [-0.39, 0.29) is 17.2 Å². The van der Waals surface area contributed by atoms with Crippen molar-refractivity contribution < 1.29 is 9.90 Å². The number of phenols is 1. The minimum Gasteiger partial charge on any atom is -0.508 e. The lowest BCUT2D eigenvalue weighted by Gasteiger charge is -2.08. The van der Waals surface area contributed by atoms with E-state index in [1.807, 2.05) is 19.0 Å². The van der Waals surface area contributed by atoms with Crippen LogP contribution in [0.15, 0.2) is 23.0 Å². The SMILES string of the molecule is Cc1cc(O)ccc1NC(=O)c1sc2nc(CN(C)C)[nH]c(=O)c2c1C. The quantitative estimate of drug-likeness (QED) is 0.612. The summed E-state index contributed by atoms with van der Waals surface area (Å²) >= 11 is 1.20. The number of aromatic nitrogens is 2. The first-order valence-electron chi connectivity index (χ1n) is 8.04. The number of amides is 1. The number of anilines is 1. The smallest absolute Gasteiger partial charge is 0.266 e. The van der Waals surface area contributed by atoms with Crippen LogP contribution in [0.4, 0.5) is 5.69 Å². The van der Waals surface area contributed by atoms with Crippen LogP contribution in [0.25, 0.3) is 10.2 Å². The van der Waals surface area contributed by atoms with Crippen molar-refractivity contribution >= 4 is 33.1 Å². The average molecular weight is 372 g/mol. The molecule has 0 aliphatic carbocycles. The number of carbonyl (C=O) groups is 1. The van der Waals surface area contributed by atoms with Gasteiger partial charge >= 0.3 is 0 Å². The molecule has 0 bridgehead atoms. The number of H-pyrrole nitrogens is 1. The zero-order valence-electron chi connectivity index (χ0n) is 15.0. The van der Waals surface area contributed by atoms with Crippen LogP contribution in [0.1, 0.15) is 26.6 Å². The number of hydrogen-bond donors (Lipinski definition) is 3. The maximum atomic E-state index is 12.7. The lowest BCUT2D eigenvalue weighted by Crippen LogP contribution is -2.18. The number of rotatable bonds is 4. The lowest BCUT2D eigenvalue weighted by molar-refractivity contribution is 0.103. The second-order valence-corrected chi connectivity index (χ2v) is 7.44. The van der Waals surface area contributed by atoms with E-state index in [2.05, 4.69) is 15.3 Å². The fraction of sp³-hybridized carbons (Fsp3) is 0.278. The van der Waals surface area contributed by atoms with E-state index in [4.69, 9.17) is 0 Å². The lowest BCUT2D eigenvalue weighted by atomic mass is 10.1. The summed E-state index contributed by atoms with van der Waals surface area (Å²) in [6.45, 7) is 4.06. The Labute approximate surface area is 154 Å². The Morgan fingerprint density at radius 3 is 2.73 bits per heavy atom. The topological polar surface area (TPSA) is 98.3 Å². The third-order valence-electron chi connectivity index (χ3n) is 3.98. The number of aromatic amines is 1. The van der Waals surface area contributed by atoms with Crippen molar-refractivity contribution in [3.05, 3.63) is 50.4 Å². The fourth-order valence-electron chi connectivity index (χ4n) is 2.75. The van der Waals surface area contributed by atoms with Gasteiger partial charge < -0.3 is 20.3 Å². The van der Waals surface area contributed by atoms with Gasteiger partial charge in [-0.15, -0.1) is 11.3 Å². The van der Waals surface area contributed by atoms with Crippen LogP contribution in [0, 0.1) is 13.8 Å². The highest BCUT2D eigenvalue weighted by atomic mass is 32.1. The molecule has 8 heteroatoms. The maximum Gasteiger partial charge on any atom is 0.266 e. The maximum absolute atomic E-state index is 12.7. The van der Waals surface area contributed by atoms with Crippen molar-refractivity contribution in [3.8, 4) is 5.75 Å². The van der Waals surface area contributed by atoms with Crippen molar-refractivity contribution in [1.29, 1.82) is 0 Å². The van der Waals surface area contributed by atoms with Crippen LogP contribution in [-0.2, 0) is 6.54 Å². The van der Waals surface area contributed by atoms with Crippen molar-refractivity contribution in [2.45, 2.75) is 20.4 Å². The molecule has 0 spiro atoms. The molecule has 7 nitrogen and oxygen atoms in total. The number of aryl methyl sites for hydroxylation is 2. The van der Waals surface area contributed by atoms with Crippen molar-refractivity contribution in [1.82, 2.24) is 14.9 Å². The van der Waals surface area contributed by atoms with Crippen LogP contribution >= 0.6 is 11.3 Å². The average Bonchev–Trinajstić information content (AvgIpc) is 2.86. The standard InChI is InChI=1S/C18H20N4O3S/c1-9-7-11(23)5-6-12(9)19-17(25)15-10(2)14-16(24)20-13(8-22(3)4)21-18(14)26-15/h5-7,23H,8H2,1-4H3,(H,19,25)(H,20,21,24). The first-order valence-corrected chi connectivity index (χ1v) is 8.86. The van der Waals surface area contributed by atoms with Gasteiger partial charge in [-0.1, -0.05) is 0 Å². The molecule has 3 rings (SSSR count). The summed E-state index contributed by atoms with van der Waals surface area (Å²) in [5.41, 5.74) is 1.74. The Hall–Kier alpha value is -2.71. The van der Waals surface area contributed by atoms with Gasteiger partial charge in [-0.25, -0.2) is 4.98 Å². The number of thiophene rings is 1. The highest BCUT2D eigenvalue weighted by Gasteiger charge is 2.20. The van der Waals surface area contributed by atoms with E-state index in [9.17, 15) is 14.7 Å². The van der Waals surface area contributed by atoms with E-state index in [0.717, 1.165) is 5.56 Å². The first-order chi connectivity index (χ1) is 12.3. The Bertz CT molecular complexity index is 1050. The van der Waals surface area contributed by atoms with E-state index in [0.29, 0.717) is 38.7 Å². The number of benzene rings is 1. The molecule has 26 heavy (non-hydrogen) atoms. The van der Waals surface area contributed by atoms with Crippen molar-refractivity contribution in [3.63, 3.8) is 0 Å². The predicted octanol–water partition coefficient (Wildman–Crippen LogP) is 2.62. The molecule has 0 atom stereocenters. The molecule has 0 aliphatic rings. The summed E-state index contributed by atoms with van der Waals surface area (Å²) in [5, 5.41) is 12.8. The van der Waals surface area contributed by atoms with E-state index in [1.165, 1.54) is 17.4 Å². The van der Waals surface area contributed by atoms with E-state index < -0.39 is 0 Å². The zero-order valence-corrected chi connectivity index (χ0v) is 15.8. The molecule has 1 amide bonds. The molecule has 0 saturated heterocycles. The summed E-state index contributed by atoms with van der Waals surface area (Å²) in [6, 6.07) is 4.73. The molecule has 3 aromatic rings. The molecule has 0 fully saturated rings. The molecule has 3 N–H and O–H groups in total. The summed E-state index contributed by atoms with van der Waals surface area (Å²) in [4.78, 5) is 35.3. The van der Waals surface area contributed by atoms with E-state index >= 15 is 0 Å². The third-order valence-corrected chi connectivity index (χ3v) is 5.16. The summed E-state index contributed by atoms with van der Waals surface area (Å²) in [5.74, 6) is 0.408. The summed E-state index contributed by atoms with van der Waals surface area (Å²) in [6.07, 6.45) is 0. The van der Waals surface area contributed by atoms with E-state index in [1.54, 1.807) is 26.0 Å². The second-order valence-electron chi connectivity index (χ2n) is 6.44. The number of hydrogen-bond acceptors (Lipinski definition) is 6. The molecule has 0 aliphatic heterocycles. The van der Waals surface area contributed by atoms with Crippen molar-refractivity contribution in [2.75, 3.05) is 19.4 Å². The Morgan fingerprint density at radius 2 is 2.08 bits per heavy atom. The molecule has 2 heterocycles. The number of phenolic OH excluding ortho intramolecular Hbond substituents is 1. The third kappa shape index (κ3) is 3.47. The number of nitrogens with zero attached hydrogens (tertiary/aromatic N) is 2. The fourth-order valence-corrected chi connectivity index (χ4v) is 3.84. The molecule has 136 valence electrons. The van der Waals surface area contributed by atoms with Gasteiger partial charge in [0.25, 0.3) is 11.5 Å². The molecule has 0 unspecified atom stereocenters. The highest BCUT2D eigenvalue weighted by molar-refractivity contribution is 7.20. The van der Waals surface area contributed by atoms with Crippen LogP contribution in [0.3, 0.4) is 0 Å². The minimum atomic E-state index is -0.298. The molecule has 0 saturated carbocycles. The molecular formula is C18H20N4O3S.